The number of hydrogen-bond acceptors (Lipinski definition) is 2. The first-order valence-electron chi connectivity index (χ1n) is 8.35. The van der Waals surface area contributed by atoms with Gasteiger partial charge in [-0.05, 0) is 42.3 Å². The van der Waals surface area contributed by atoms with Crippen LogP contribution in [-0.2, 0) is 6.42 Å². The predicted octanol–water partition coefficient (Wildman–Crippen LogP) is 3.77. The van der Waals surface area contributed by atoms with Gasteiger partial charge in [0.1, 0.15) is 17.3 Å². The normalized spacial score (nSPS) is 11.2. The van der Waals surface area contributed by atoms with Crippen molar-refractivity contribution >= 4 is 27.7 Å². The third-order valence-electron chi connectivity index (χ3n) is 4.50. The van der Waals surface area contributed by atoms with Crippen LogP contribution < -0.4 is 10.1 Å². The number of methoxy groups -OCH3 is 1. The van der Waals surface area contributed by atoms with Crippen LogP contribution in [-0.4, -0.2) is 29.5 Å². The summed E-state index contributed by atoms with van der Waals surface area (Å²) in [5.41, 5.74) is 2.85. The van der Waals surface area contributed by atoms with Gasteiger partial charge in [0.25, 0.3) is 5.91 Å². The average Bonchev–Trinajstić information content (AvgIpc) is 3.26. The number of rotatable bonds is 5. The van der Waals surface area contributed by atoms with Crippen molar-refractivity contribution in [1.82, 2.24) is 15.3 Å². The topological polar surface area (TPSA) is 69.9 Å². The van der Waals surface area contributed by atoms with E-state index in [1.54, 1.807) is 25.4 Å². The molecule has 0 aliphatic rings. The number of carbonyl (C=O) groups is 1. The standard InChI is InChI=1S/C20H18FN3O2/c1-26-14-5-6-17-13(9-14)10-18(24-17)20(25)22-8-7-12-11-23-19-15(12)3-2-4-16(19)21/h2-6,9-11,23-24H,7-8H2,1H3,(H,22,25). The van der Waals surface area contributed by atoms with Crippen molar-refractivity contribution in [1.29, 1.82) is 0 Å². The number of H-pyrrole nitrogens is 2. The fourth-order valence-electron chi connectivity index (χ4n) is 3.15. The van der Waals surface area contributed by atoms with E-state index in [4.69, 9.17) is 4.74 Å². The lowest BCUT2D eigenvalue weighted by molar-refractivity contribution is 0.0950. The number of fused-ring (bicyclic) bond motifs is 2. The fourth-order valence-corrected chi connectivity index (χ4v) is 3.15. The second-order valence-electron chi connectivity index (χ2n) is 6.12. The lowest BCUT2D eigenvalue weighted by Crippen LogP contribution is -2.25. The molecule has 0 aliphatic carbocycles. The first-order valence-corrected chi connectivity index (χ1v) is 8.35. The van der Waals surface area contributed by atoms with Crippen molar-refractivity contribution in [3.8, 4) is 5.75 Å². The zero-order valence-electron chi connectivity index (χ0n) is 14.2. The lowest BCUT2D eigenvalue weighted by atomic mass is 10.1. The van der Waals surface area contributed by atoms with E-state index in [1.807, 2.05) is 24.3 Å². The molecule has 132 valence electrons. The molecule has 0 fully saturated rings. The molecule has 0 unspecified atom stereocenters. The monoisotopic (exact) mass is 351 g/mol. The van der Waals surface area contributed by atoms with Gasteiger partial charge < -0.3 is 20.0 Å². The summed E-state index contributed by atoms with van der Waals surface area (Å²) in [7, 11) is 1.61. The van der Waals surface area contributed by atoms with Crippen LogP contribution in [0.4, 0.5) is 4.39 Å². The number of halogens is 1. The highest BCUT2D eigenvalue weighted by Crippen LogP contribution is 2.22. The summed E-state index contributed by atoms with van der Waals surface area (Å²) in [5, 5.41) is 4.66. The van der Waals surface area contributed by atoms with Gasteiger partial charge in [-0.1, -0.05) is 12.1 Å². The van der Waals surface area contributed by atoms with Crippen molar-refractivity contribution in [2.45, 2.75) is 6.42 Å². The van der Waals surface area contributed by atoms with Gasteiger partial charge in [-0.15, -0.1) is 0 Å². The van der Waals surface area contributed by atoms with Crippen LogP contribution in [0.2, 0.25) is 0 Å². The van der Waals surface area contributed by atoms with Crippen LogP contribution in [0.3, 0.4) is 0 Å². The maximum atomic E-state index is 13.7. The molecule has 26 heavy (non-hydrogen) atoms. The number of carbonyl (C=O) groups excluding carboxylic acids is 1. The molecule has 4 rings (SSSR count). The van der Waals surface area contributed by atoms with E-state index >= 15 is 0 Å². The minimum atomic E-state index is -0.272. The van der Waals surface area contributed by atoms with E-state index in [9.17, 15) is 9.18 Å². The van der Waals surface area contributed by atoms with E-state index in [2.05, 4.69) is 15.3 Å². The van der Waals surface area contributed by atoms with Gasteiger partial charge in [0.15, 0.2) is 0 Å². The summed E-state index contributed by atoms with van der Waals surface area (Å²) in [4.78, 5) is 18.4. The predicted molar refractivity (Wildman–Crippen MR) is 99.1 cm³/mol. The Morgan fingerprint density at radius 3 is 2.96 bits per heavy atom. The largest absolute Gasteiger partial charge is 0.497 e. The molecule has 0 bridgehead atoms. The minimum Gasteiger partial charge on any atom is -0.497 e. The van der Waals surface area contributed by atoms with Crippen molar-refractivity contribution in [2.75, 3.05) is 13.7 Å². The van der Waals surface area contributed by atoms with Crippen LogP contribution >= 0.6 is 0 Å². The van der Waals surface area contributed by atoms with Crippen molar-refractivity contribution in [3.05, 3.63) is 65.7 Å². The van der Waals surface area contributed by atoms with Crippen LogP contribution in [0, 0.1) is 5.82 Å². The molecule has 2 aromatic carbocycles. The van der Waals surface area contributed by atoms with Gasteiger partial charge in [0.05, 0.1) is 12.6 Å². The summed E-state index contributed by atoms with van der Waals surface area (Å²) < 4.78 is 18.9. The zero-order chi connectivity index (χ0) is 18.1. The van der Waals surface area contributed by atoms with Gasteiger partial charge in [-0.2, -0.15) is 0 Å². The Hall–Kier alpha value is -3.28. The Morgan fingerprint density at radius 1 is 1.23 bits per heavy atom. The number of aromatic nitrogens is 2. The Kier molecular flexibility index (Phi) is 4.08. The van der Waals surface area contributed by atoms with E-state index < -0.39 is 0 Å². The first-order chi connectivity index (χ1) is 12.7. The van der Waals surface area contributed by atoms with E-state index in [-0.39, 0.29) is 11.7 Å². The highest BCUT2D eigenvalue weighted by Gasteiger charge is 2.11. The maximum absolute atomic E-state index is 13.7. The van der Waals surface area contributed by atoms with Crippen molar-refractivity contribution in [2.24, 2.45) is 0 Å². The molecular formula is C20H18FN3O2. The van der Waals surface area contributed by atoms with Crippen LogP contribution in [0.25, 0.3) is 21.8 Å². The van der Waals surface area contributed by atoms with Crippen molar-refractivity contribution < 1.29 is 13.9 Å². The molecule has 2 aromatic heterocycles. The number of para-hydroxylation sites is 1. The average molecular weight is 351 g/mol. The van der Waals surface area contributed by atoms with Gasteiger partial charge in [-0.3, -0.25) is 4.79 Å². The number of benzene rings is 2. The molecule has 0 saturated carbocycles. The van der Waals surface area contributed by atoms with Crippen LogP contribution in [0.5, 0.6) is 5.75 Å². The van der Waals surface area contributed by atoms with Crippen molar-refractivity contribution in [3.63, 3.8) is 0 Å². The third-order valence-corrected chi connectivity index (χ3v) is 4.50. The van der Waals surface area contributed by atoms with Gasteiger partial charge in [0.2, 0.25) is 0 Å². The summed E-state index contributed by atoms with van der Waals surface area (Å²) in [6, 6.07) is 12.4. The first kappa shape index (κ1) is 16.2. The third kappa shape index (κ3) is 2.90. The maximum Gasteiger partial charge on any atom is 0.267 e. The molecule has 3 N–H and O–H groups in total. The Labute approximate surface area is 149 Å². The highest BCUT2D eigenvalue weighted by molar-refractivity contribution is 5.98. The summed E-state index contributed by atoms with van der Waals surface area (Å²) >= 11 is 0. The Bertz CT molecular complexity index is 1100. The molecule has 1 amide bonds. The Balaban J connectivity index is 1.44. The molecule has 4 aromatic rings. The number of amides is 1. The highest BCUT2D eigenvalue weighted by atomic mass is 19.1. The SMILES string of the molecule is COc1ccc2[nH]c(C(=O)NCCc3c[nH]c4c(F)cccc34)cc2c1. The number of hydrogen-bond donors (Lipinski definition) is 3. The molecular weight excluding hydrogens is 333 g/mol. The summed E-state index contributed by atoms with van der Waals surface area (Å²) in [6.45, 7) is 0.459. The van der Waals surface area contributed by atoms with Gasteiger partial charge in [0, 0.05) is 29.0 Å². The van der Waals surface area contributed by atoms with E-state index in [1.165, 1.54) is 6.07 Å². The molecule has 5 nitrogen and oxygen atoms in total. The van der Waals surface area contributed by atoms with E-state index in [0.29, 0.717) is 24.2 Å². The molecule has 0 atom stereocenters. The Morgan fingerprint density at radius 2 is 2.12 bits per heavy atom. The minimum absolute atomic E-state index is 0.175. The lowest BCUT2D eigenvalue weighted by Gasteiger charge is -2.03. The zero-order valence-corrected chi connectivity index (χ0v) is 14.2. The molecule has 2 heterocycles. The second-order valence-corrected chi connectivity index (χ2v) is 6.12. The molecule has 0 saturated heterocycles. The van der Waals surface area contributed by atoms with Crippen LogP contribution in [0.1, 0.15) is 16.1 Å². The summed E-state index contributed by atoms with van der Waals surface area (Å²) in [5.74, 6) is 0.299. The number of aromatic amines is 2. The van der Waals surface area contributed by atoms with E-state index in [0.717, 1.165) is 27.6 Å². The molecule has 0 spiro atoms. The smallest absolute Gasteiger partial charge is 0.267 e. The second kappa shape index (κ2) is 6.55. The summed E-state index contributed by atoms with van der Waals surface area (Å²) in [6.07, 6.45) is 2.40. The molecule has 6 heteroatoms. The van der Waals surface area contributed by atoms with Gasteiger partial charge >= 0.3 is 0 Å². The van der Waals surface area contributed by atoms with Crippen LogP contribution in [0.15, 0.2) is 48.7 Å². The molecule has 0 aliphatic heterocycles. The molecule has 0 radical (unpaired) electrons. The van der Waals surface area contributed by atoms with Gasteiger partial charge in [-0.25, -0.2) is 4.39 Å². The number of ether oxygens (including phenoxy) is 1. The quantitative estimate of drug-likeness (QED) is 0.512. The number of nitrogens with one attached hydrogen (secondary N) is 3. The fraction of sp³-hybridized carbons (Fsp3) is 0.150.